The summed E-state index contributed by atoms with van der Waals surface area (Å²) in [5.74, 6) is 0.764. The van der Waals surface area contributed by atoms with E-state index in [4.69, 9.17) is 0 Å². The molecule has 4 heteroatoms. The predicted molar refractivity (Wildman–Crippen MR) is 75.3 cm³/mol. The zero-order chi connectivity index (χ0) is 12.5. The van der Waals surface area contributed by atoms with Crippen LogP contribution in [0.2, 0.25) is 0 Å². The highest BCUT2D eigenvalue weighted by atomic mass is 32.2. The van der Waals surface area contributed by atoms with Gasteiger partial charge in [-0.25, -0.2) is 0 Å². The van der Waals surface area contributed by atoms with Crippen molar-refractivity contribution in [2.45, 2.75) is 18.1 Å². The van der Waals surface area contributed by atoms with Gasteiger partial charge in [0.2, 0.25) is 5.91 Å². The number of thioether (sulfide) groups is 1. The number of amides is 1. The second-order valence-corrected chi connectivity index (χ2v) is 5.43. The van der Waals surface area contributed by atoms with Crippen LogP contribution in [0.1, 0.15) is 12.8 Å². The van der Waals surface area contributed by atoms with Crippen LogP contribution in [0.15, 0.2) is 25.3 Å². The van der Waals surface area contributed by atoms with Crippen molar-refractivity contribution in [2.75, 3.05) is 31.9 Å². The molecule has 96 valence electrons. The normalized spacial score (nSPS) is 16.5. The lowest BCUT2D eigenvalue weighted by Crippen LogP contribution is -2.34. The summed E-state index contributed by atoms with van der Waals surface area (Å²) in [6, 6.07) is 0. The van der Waals surface area contributed by atoms with Gasteiger partial charge in [0.15, 0.2) is 0 Å². The Labute approximate surface area is 108 Å². The van der Waals surface area contributed by atoms with E-state index in [1.807, 2.05) is 0 Å². The first-order valence-electron chi connectivity index (χ1n) is 6.09. The average Bonchev–Trinajstić information content (AvgIpc) is 2.37. The van der Waals surface area contributed by atoms with E-state index in [1.54, 1.807) is 28.8 Å². The van der Waals surface area contributed by atoms with E-state index >= 15 is 0 Å². The summed E-state index contributed by atoms with van der Waals surface area (Å²) in [6.45, 7) is 10.7. The first-order valence-corrected chi connectivity index (χ1v) is 7.14. The minimum Gasteiger partial charge on any atom is -0.335 e. The van der Waals surface area contributed by atoms with Crippen LogP contribution in [-0.2, 0) is 4.79 Å². The van der Waals surface area contributed by atoms with Crippen LogP contribution < -0.4 is 5.32 Å². The zero-order valence-corrected chi connectivity index (χ0v) is 11.2. The van der Waals surface area contributed by atoms with Crippen LogP contribution in [0, 0.1) is 0 Å². The van der Waals surface area contributed by atoms with E-state index < -0.39 is 0 Å². The van der Waals surface area contributed by atoms with Gasteiger partial charge in [0, 0.05) is 18.3 Å². The Kier molecular flexibility index (Phi) is 7.05. The van der Waals surface area contributed by atoms with Crippen molar-refractivity contribution in [3.05, 3.63) is 25.3 Å². The van der Waals surface area contributed by atoms with E-state index in [0.29, 0.717) is 24.1 Å². The van der Waals surface area contributed by atoms with E-state index in [0.717, 1.165) is 13.1 Å². The van der Waals surface area contributed by atoms with Crippen LogP contribution in [0.25, 0.3) is 0 Å². The number of carbonyl (C=O) groups is 1. The molecular weight excluding hydrogens is 232 g/mol. The molecule has 1 N–H and O–H groups in total. The van der Waals surface area contributed by atoms with Crippen LogP contribution in [-0.4, -0.2) is 48.0 Å². The molecule has 0 aliphatic carbocycles. The van der Waals surface area contributed by atoms with Crippen LogP contribution in [0.5, 0.6) is 0 Å². The predicted octanol–water partition coefficient (Wildman–Crippen LogP) is 1.67. The maximum Gasteiger partial charge on any atom is 0.233 e. The smallest absolute Gasteiger partial charge is 0.233 e. The molecule has 1 saturated heterocycles. The van der Waals surface area contributed by atoms with Gasteiger partial charge >= 0.3 is 0 Å². The number of rotatable bonds is 7. The molecular formula is C13H22N2OS. The van der Waals surface area contributed by atoms with E-state index in [1.165, 1.54) is 12.8 Å². The fraction of sp³-hybridized carbons (Fsp3) is 0.615. The van der Waals surface area contributed by atoms with Gasteiger partial charge < -0.3 is 10.2 Å². The lowest BCUT2D eigenvalue weighted by atomic mass is 10.2. The van der Waals surface area contributed by atoms with Gasteiger partial charge in [0.25, 0.3) is 0 Å². The van der Waals surface area contributed by atoms with Crippen LogP contribution in [0.3, 0.4) is 0 Å². The number of nitrogens with one attached hydrogen (secondary N) is 1. The summed E-state index contributed by atoms with van der Waals surface area (Å²) in [5.41, 5.74) is 0. The van der Waals surface area contributed by atoms with Gasteiger partial charge in [-0.3, -0.25) is 4.79 Å². The molecule has 1 aliphatic heterocycles. The molecule has 17 heavy (non-hydrogen) atoms. The van der Waals surface area contributed by atoms with Crippen LogP contribution >= 0.6 is 11.8 Å². The quantitative estimate of drug-likeness (QED) is 0.702. The fourth-order valence-electron chi connectivity index (χ4n) is 1.83. The molecule has 3 nitrogen and oxygen atoms in total. The molecule has 0 spiro atoms. The third-order valence-electron chi connectivity index (χ3n) is 2.78. The molecule has 0 saturated carbocycles. The molecule has 1 rings (SSSR count). The van der Waals surface area contributed by atoms with Crippen molar-refractivity contribution in [1.82, 2.24) is 10.2 Å². The summed E-state index contributed by atoms with van der Waals surface area (Å²) in [4.78, 5) is 13.7. The molecule has 1 heterocycles. The summed E-state index contributed by atoms with van der Waals surface area (Å²) >= 11 is 1.79. The standard InChI is InChI=1S/C13H22N2OS/c1-3-9-15(10-4-2)13(16)11-17-12-5-7-14-8-6-12/h3-4,12,14H,1-2,5-11H2. The largest absolute Gasteiger partial charge is 0.335 e. The highest BCUT2D eigenvalue weighted by molar-refractivity contribution is 8.00. The van der Waals surface area contributed by atoms with Crippen molar-refractivity contribution < 1.29 is 4.79 Å². The lowest BCUT2D eigenvalue weighted by Gasteiger charge is -2.24. The molecule has 0 unspecified atom stereocenters. The molecule has 1 amide bonds. The molecule has 0 aromatic carbocycles. The zero-order valence-electron chi connectivity index (χ0n) is 10.4. The number of piperidine rings is 1. The summed E-state index contributed by atoms with van der Waals surface area (Å²) in [5, 5.41) is 3.96. The number of carbonyl (C=O) groups excluding carboxylic acids is 1. The first kappa shape index (κ1) is 14.3. The Hall–Kier alpha value is -0.740. The van der Waals surface area contributed by atoms with Crippen molar-refractivity contribution in [1.29, 1.82) is 0 Å². The van der Waals surface area contributed by atoms with Gasteiger partial charge in [0.1, 0.15) is 0 Å². The summed E-state index contributed by atoms with van der Waals surface area (Å²) in [7, 11) is 0. The maximum absolute atomic E-state index is 12.0. The molecule has 0 bridgehead atoms. The van der Waals surface area contributed by atoms with Gasteiger partial charge in [-0.2, -0.15) is 0 Å². The molecule has 1 aliphatic rings. The van der Waals surface area contributed by atoms with Crippen molar-refractivity contribution in [3.63, 3.8) is 0 Å². The Morgan fingerprint density at radius 1 is 1.29 bits per heavy atom. The van der Waals surface area contributed by atoms with E-state index in [2.05, 4.69) is 18.5 Å². The minimum atomic E-state index is 0.188. The summed E-state index contributed by atoms with van der Waals surface area (Å²) in [6.07, 6.45) is 5.86. The van der Waals surface area contributed by atoms with Crippen molar-refractivity contribution >= 4 is 17.7 Å². The maximum atomic E-state index is 12.0. The number of hydrogen-bond donors (Lipinski definition) is 1. The Morgan fingerprint density at radius 2 is 1.88 bits per heavy atom. The lowest BCUT2D eigenvalue weighted by molar-refractivity contribution is -0.127. The van der Waals surface area contributed by atoms with Gasteiger partial charge in [-0.05, 0) is 25.9 Å². The molecule has 0 radical (unpaired) electrons. The highest BCUT2D eigenvalue weighted by Gasteiger charge is 2.17. The molecule has 0 aromatic rings. The van der Waals surface area contributed by atoms with E-state index in [-0.39, 0.29) is 5.91 Å². The number of hydrogen-bond acceptors (Lipinski definition) is 3. The van der Waals surface area contributed by atoms with E-state index in [9.17, 15) is 4.79 Å². The Morgan fingerprint density at radius 3 is 2.41 bits per heavy atom. The monoisotopic (exact) mass is 254 g/mol. The van der Waals surface area contributed by atoms with Gasteiger partial charge in [0.05, 0.1) is 5.75 Å². The second-order valence-electron chi connectivity index (χ2n) is 4.14. The average molecular weight is 254 g/mol. The minimum absolute atomic E-state index is 0.188. The third-order valence-corrected chi connectivity index (χ3v) is 4.14. The third kappa shape index (κ3) is 5.41. The molecule has 0 atom stereocenters. The highest BCUT2D eigenvalue weighted by Crippen LogP contribution is 2.20. The second kappa shape index (κ2) is 8.37. The molecule has 0 aromatic heterocycles. The SMILES string of the molecule is C=CCN(CC=C)C(=O)CSC1CCNCC1. The first-order chi connectivity index (χ1) is 8.27. The van der Waals surface area contributed by atoms with Gasteiger partial charge in [-0.15, -0.1) is 24.9 Å². The topological polar surface area (TPSA) is 32.3 Å². The number of nitrogens with zero attached hydrogens (tertiary/aromatic N) is 1. The summed E-state index contributed by atoms with van der Waals surface area (Å²) < 4.78 is 0. The Balaban J connectivity index is 2.29. The molecule has 1 fully saturated rings. The van der Waals surface area contributed by atoms with Gasteiger partial charge in [-0.1, -0.05) is 12.2 Å². The van der Waals surface area contributed by atoms with Crippen molar-refractivity contribution in [2.24, 2.45) is 0 Å². The Bertz CT molecular complexity index is 252. The van der Waals surface area contributed by atoms with Crippen LogP contribution in [0.4, 0.5) is 0 Å². The fourth-order valence-corrected chi connectivity index (χ4v) is 2.96. The van der Waals surface area contributed by atoms with Crippen molar-refractivity contribution in [3.8, 4) is 0 Å².